The number of nitrogens with zero attached hydrogens (tertiary/aromatic N) is 6. The van der Waals surface area contributed by atoms with Crippen LogP contribution in [0.25, 0.3) is 0 Å². The number of rotatable bonds is 8. The van der Waals surface area contributed by atoms with Crippen LogP contribution >= 0.6 is 0 Å². The molecule has 0 atom stereocenters. The molecule has 1 saturated heterocycles. The highest BCUT2D eigenvalue weighted by Crippen LogP contribution is 2.00. The lowest BCUT2D eigenvalue weighted by Crippen LogP contribution is -2.39. The van der Waals surface area contributed by atoms with Crippen molar-refractivity contribution in [3.05, 3.63) is 12.2 Å². The minimum absolute atomic E-state index is 0.811. The van der Waals surface area contributed by atoms with Crippen molar-refractivity contribution in [3.8, 4) is 0 Å². The van der Waals surface area contributed by atoms with Gasteiger partial charge < -0.3 is 25.0 Å². The Balaban J connectivity index is 1.73. The monoisotopic (exact) mass is 350 g/mol. The van der Waals surface area contributed by atoms with Crippen molar-refractivity contribution in [2.45, 2.75) is 33.2 Å². The minimum atomic E-state index is 0.811. The molecule has 1 fully saturated rings. The van der Waals surface area contributed by atoms with Crippen LogP contribution in [-0.4, -0.2) is 89.9 Å². The molecular weight excluding hydrogens is 316 g/mol. The third-order valence-corrected chi connectivity index (χ3v) is 4.50. The van der Waals surface area contributed by atoms with Gasteiger partial charge >= 0.3 is 0 Å². The van der Waals surface area contributed by atoms with Crippen LogP contribution < -0.4 is 10.6 Å². The summed E-state index contributed by atoms with van der Waals surface area (Å²) in [5.41, 5.74) is 0. The average molecular weight is 351 g/mol. The predicted octanol–water partition coefficient (Wildman–Crippen LogP) is 0.0331. The fourth-order valence-electron chi connectivity index (χ4n) is 3.00. The molecule has 0 aromatic carbocycles. The van der Waals surface area contributed by atoms with E-state index in [2.05, 4.69) is 56.1 Å². The first kappa shape index (κ1) is 19.7. The van der Waals surface area contributed by atoms with Crippen LogP contribution in [0, 0.1) is 0 Å². The molecule has 2 heterocycles. The summed E-state index contributed by atoms with van der Waals surface area (Å²) in [6, 6.07) is 0. The SMILES string of the molecule is CCNC(=NCCN1CCCN(C)CC1)NCCn1cnnc1CC. The Morgan fingerprint density at radius 2 is 2.04 bits per heavy atom. The molecule has 8 heteroatoms. The number of likely N-dealkylation sites (N-methyl/N-ethyl adjacent to an activating group) is 1. The van der Waals surface area contributed by atoms with Crippen molar-refractivity contribution < 1.29 is 0 Å². The molecule has 25 heavy (non-hydrogen) atoms. The van der Waals surface area contributed by atoms with Crippen molar-refractivity contribution in [2.75, 3.05) is 59.4 Å². The van der Waals surface area contributed by atoms with E-state index in [-0.39, 0.29) is 0 Å². The van der Waals surface area contributed by atoms with Gasteiger partial charge in [0.1, 0.15) is 12.2 Å². The molecule has 0 amide bonds. The second-order valence-electron chi connectivity index (χ2n) is 6.48. The molecular formula is C17H34N8. The highest BCUT2D eigenvalue weighted by molar-refractivity contribution is 5.79. The first-order chi connectivity index (χ1) is 12.2. The van der Waals surface area contributed by atoms with E-state index in [1.165, 1.54) is 19.5 Å². The Hall–Kier alpha value is -1.67. The van der Waals surface area contributed by atoms with E-state index in [1.54, 1.807) is 6.33 Å². The number of aryl methyl sites for hydroxylation is 1. The number of guanidine groups is 1. The minimum Gasteiger partial charge on any atom is -0.357 e. The van der Waals surface area contributed by atoms with E-state index < -0.39 is 0 Å². The number of hydrogen-bond acceptors (Lipinski definition) is 5. The van der Waals surface area contributed by atoms with Crippen molar-refractivity contribution >= 4 is 5.96 Å². The Morgan fingerprint density at radius 3 is 2.84 bits per heavy atom. The van der Waals surface area contributed by atoms with Gasteiger partial charge in [-0.25, -0.2) is 0 Å². The van der Waals surface area contributed by atoms with Gasteiger partial charge in [-0.3, -0.25) is 4.99 Å². The third kappa shape index (κ3) is 6.99. The van der Waals surface area contributed by atoms with Crippen molar-refractivity contribution in [2.24, 2.45) is 4.99 Å². The van der Waals surface area contributed by atoms with Crippen LogP contribution in [0.4, 0.5) is 0 Å². The van der Waals surface area contributed by atoms with Crippen molar-refractivity contribution in [3.63, 3.8) is 0 Å². The molecule has 1 aromatic heterocycles. The smallest absolute Gasteiger partial charge is 0.191 e. The normalized spacial score (nSPS) is 17.5. The van der Waals surface area contributed by atoms with E-state index in [1.807, 2.05) is 0 Å². The van der Waals surface area contributed by atoms with Crippen LogP contribution in [0.1, 0.15) is 26.1 Å². The zero-order valence-electron chi connectivity index (χ0n) is 16.0. The van der Waals surface area contributed by atoms with E-state index in [4.69, 9.17) is 4.99 Å². The fourth-order valence-corrected chi connectivity index (χ4v) is 3.00. The van der Waals surface area contributed by atoms with Gasteiger partial charge in [0, 0.05) is 45.7 Å². The summed E-state index contributed by atoms with van der Waals surface area (Å²) in [5.74, 6) is 1.91. The third-order valence-electron chi connectivity index (χ3n) is 4.50. The molecule has 0 unspecified atom stereocenters. The molecule has 2 N–H and O–H groups in total. The molecule has 0 radical (unpaired) electrons. The van der Waals surface area contributed by atoms with Gasteiger partial charge in [-0.1, -0.05) is 6.92 Å². The molecule has 0 aliphatic carbocycles. The maximum atomic E-state index is 4.72. The van der Waals surface area contributed by atoms with E-state index in [0.717, 1.165) is 64.0 Å². The van der Waals surface area contributed by atoms with Gasteiger partial charge in [0.25, 0.3) is 0 Å². The lowest BCUT2D eigenvalue weighted by atomic mass is 10.4. The van der Waals surface area contributed by atoms with E-state index in [0.29, 0.717) is 0 Å². The van der Waals surface area contributed by atoms with Crippen molar-refractivity contribution in [1.29, 1.82) is 0 Å². The van der Waals surface area contributed by atoms with Crippen LogP contribution in [-0.2, 0) is 13.0 Å². The zero-order valence-corrected chi connectivity index (χ0v) is 16.0. The Bertz CT molecular complexity index is 513. The lowest BCUT2D eigenvalue weighted by Gasteiger charge is -2.19. The zero-order chi connectivity index (χ0) is 17.9. The van der Waals surface area contributed by atoms with Crippen molar-refractivity contribution in [1.82, 2.24) is 35.2 Å². The molecule has 142 valence electrons. The van der Waals surface area contributed by atoms with Crippen LogP contribution in [0.2, 0.25) is 0 Å². The molecule has 8 nitrogen and oxygen atoms in total. The molecule has 2 rings (SSSR count). The molecule has 1 aliphatic rings. The molecule has 1 aliphatic heterocycles. The summed E-state index contributed by atoms with van der Waals surface area (Å²) in [7, 11) is 2.20. The van der Waals surface area contributed by atoms with Gasteiger partial charge in [-0.2, -0.15) is 0 Å². The number of aliphatic imine (C=N–C) groups is 1. The van der Waals surface area contributed by atoms with Gasteiger partial charge in [0.05, 0.1) is 6.54 Å². The predicted molar refractivity (Wildman–Crippen MR) is 102 cm³/mol. The second-order valence-corrected chi connectivity index (χ2v) is 6.48. The summed E-state index contributed by atoms with van der Waals surface area (Å²) in [5, 5.41) is 14.8. The number of hydrogen-bond donors (Lipinski definition) is 2. The average Bonchev–Trinajstić information content (AvgIpc) is 2.96. The number of nitrogens with one attached hydrogen (secondary N) is 2. The highest BCUT2D eigenvalue weighted by Gasteiger charge is 2.11. The Labute approximate surface area is 151 Å². The fraction of sp³-hybridized carbons (Fsp3) is 0.824. The summed E-state index contributed by atoms with van der Waals surface area (Å²) in [6.07, 6.45) is 3.94. The largest absolute Gasteiger partial charge is 0.357 e. The lowest BCUT2D eigenvalue weighted by molar-refractivity contribution is 0.283. The standard InChI is InChI=1S/C17H34N8/c1-4-16-22-21-15-25(16)12-8-20-17(18-5-2)19-7-11-24-10-6-9-23(3)13-14-24/h15H,4-14H2,1-3H3,(H2,18,19,20). The first-order valence-electron chi connectivity index (χ1n) is 9.52. The van der Waals surface area contributed by atoms with E-state index >= 15 is 0 Å². The quantitative estimate of drug-likeness (QED) is 0.509. The topological polar surface area (TPSA) is 73.6 Å². The molecule has 0 spiro atoms. The summed E-state index contributed by atoms with van der Waals surface area (Å²) in [6.45, 7) is 13.2. The van der Waals surface area contributed by atoms with Gasteiger partial charge in [-0.15, -0.1) is 10.2 Å². The first-order valence-corrected chi connectivity index (χ1v) is 9.52. The molecule has 0 saturated carbocycles. The summed E-state index contributed by atoms with van der Waals surface area (Å²) in [4.78, 5) is 9.64. The number of aromatic nitrogens is 3. The van der Waals surface area contributed by atoms with Gasteiger partial charge in [0.2, 0.25) is 0 Å². The van der Waals surface area contributed by atoms with Crippen LogP contribution in [0.3, 0.4) is 0 Å². The van der Waals surface area contributed by atoms with E-state index in [9.17, 15) is 0 Å². The maximum Gasteiger partial charge on any atom is 0.191 e. The van der Waals surface area contributed by atoms with Crippen LogP contribution in [0.5, 0.6) is 0 Å². The summed E-state index contributed by atoms with van der Waals surface area (Å²) >= 11 is 0. The molecule has 1 aromatic rings. The van der Waals surface area contributed by atoms with Gasteiger partial charge in [0.15, 0.2) is 5.96 Å². The second kappa shape index (κ2) is 11.0. The Morgan fingerprint density at radius 1 is 1.16 bits per heavy atom. The maximum absolute atomic E-state index is 4.72. The highest BCUT2D eigenvalue weighted by atomic mass is 15.3. The summed E-state index contributed by atoms with van der Waals surface area (Å²) < 4.78 is 2.09. The van der Waals surface area contributed by atoms with Crippen LogP contribution in [0.15, 0.2) is 11.3 Å². The van der Waals surface area contributed by atoms with Gasteiger partial charge in [-0.05, 0) is 33.5 Å². The Kier molecular flexibility index (Phi) is 8.68. The molecule has 0 bridgehead atoms.